The summed E-state index contributed by atoms with van der Waals surface area (Å²) in [6.07, 6.45) is 20.7. The Kier molecular flexibility index (Phi) is 22.5. The number of hydrogen-bond donors (Lipinski definition) is 1. The summed E-state index contributed by atoms with van der Waals surface area (Å²) in [5.41, 5.74) is 0. The van der Waals surface area contributed by atoms with E-state index in [0.717, 1.165) is 57.8 Å². The predicted octanol–water partition coefficient (Wildman–Crippen LogP) is 10.6. The molecule has 1 unspecified atom stereocenters. The second-order valence-electron chi connectivity index (χ2n) is 10.0. The number of rotatable bonds is 25. The highest BCUT2D eigenvalue weighted by atomic mass is 19.4. The number of carboxylic acids is 1. The smallest absolute Gasteiger partial charge is 0.389 e. The first-order valence-corrected chi connectivity index (χ1v) is 14.2. The first-order valence-electron chi connectivity index (χ1n) is 14.2. The average Bonchev–Trinajstić information content (AvgIpc) is 2.75. The first kappa shape index (κ1) is 32.3. The molecular weight excluding hydrogens is 425 g/mol. The molecule has 0 aromatic heterocycles. The second-order valence-corrected chi connectivity index (χ2v) is 10.0. The van der Waals surface area contributed by atoms with E-state index in [1.54, 1.807) is 0 Å². The summed E-state index contributed by atoms with van der Waals surface area (Å²) >= 11 is 0. The molecule has 0 aliphatic carbocycles. The number of alkyl halides is 3. The van der Waals surface area contributed by atoms with Crippen molar-refractivity contribution >= 4 is 5.97 Å². The number of hydrogen-bond acceptors (Lipinski definition) is 1. The van der Waals surface area contributed by atoms with Gasteiger partial charge in [-0.3, -0.25) is 4.79 Å². The van der Waals surface area contributed by atoms with Gasteiger partial charge >= 0.3 is 12.1 Å². The molecule has 0 aliphatic heterocycles. The molecule has 0 spiro atoms. The van der Waals surface area contributed by atoms with Gasteiger partial charge in [0.05, 0.1) is 5.92 Å². The van der Waals surface area contributed by atoms with Gasteiger partial charge in [-0.15, -0.1) is 0 Å². The molecule has 1 N–H and O–H groups in total. The summed E-state index contributed by atoms with van der Waals surface area (Å²) in [5, 5.41) is 9.45. The van der Waals surface area contributed by atoms with Crippen molar-refractivity contribution < 1.29 is 23.1 Å². The quantitative estimate of drug-likeness (QED) is 0.132. The fourth-order valence-electron chi connectivity index (χ4n) is 4.58. The number of aliphatic carboxylic acids is 1. The van der Waals surface area contributed by atoms with Gasteiger partial charge in [0, 0.05) is 6.42 Å². The van der Waals surface area contributed by atoms with E-state index < -0.39 is 18.6 Å². The van der Waals surface area contributed by atoms with Crippen molar-refractivity contribution in [1.29, 1.82) is 0 Å². The van der Waals surface area contributed by atoms with Crippen LogP contribution in [0.25, 0.3) is 0 Å². The highest BCUT2D eigenvalue weighted by molar-refractivity contribution is 5.69. The van der Waals surface area contributed by atoms with E-state index in [0.29, 0.717) is 6.42 Å². The highest BCUT2D eigenvalue weighted by Gasteiger charge is 2.25. The summed E-state index contributed by atoms with van der Waals surface area (Å²) in [7, 11) is 0. The van der Waals surface area contributed by atoms with Crippen molar-refractivity contribution in [2.24, 2.45) is 5.92 Å². The summed E-state index contributed by atoms with van der Waals surface area (Å²) in [6.45, 7) is 2.26. The van der Waals surface area contributed by atoms with Crippen molar-refractivity contribution in [3.8, 4) is 0 Å². The molecule has 2 nitrogen and oxygen atoms in total. The van der Waals surface area contributed by atoms with Crippen LogP contribution < -0.4 is 0 Å². The van der Waals surface area contributed by atoms with Crippen molar-refractivity contribution in [3.05, 3.63) is 0 Å². The van der Waals surface area contributed by atoms with Gasteiger partial charge < -0.3 is 5.11 Å². The molecule has 0 aromatic carbocycles. The minimum atomic E-state index is -4.03. The summed E-state index contributed by atoms with van der Waals surface area (Å²) in [4.78, 5) is 11.5. The Hall–Kier alpha value is -0.740. The van der Waals surface area contributed by atoms with E-state index >= 15 is 0 Å². The van der Waals surface area contributed by atoms with Crippen LogP contribution in [0.1, 0.15) is 161 Å². The molecule has 0 bridgehead atoms. The normalized spacial score (nSPS) is 12.8. The molecule has 0 saturated heterocycles. The third-order valence-corrected chi connectivity index (χ3v) is 6.77. The zero-order valence-corrected chi connectivity index (χ0v) is 21.5. The van der Waals surface area contributed by atoms with Crippen LogP contribution in [0.2, 0.25) is 0 Å². The molecule has 0 fully saturated rings. The maximum atomic E-state index is 12.1. The maximum absolute atomic E-state index is 12.1. The van der Waals surface area contributed by atoms with Gasteiger partial charge in [-0.25, -0.2) is 0 Å². The van der Waals surface area contributed by atoms with E-state index in [1.807, 2.05) is 0 Å². The minimum absolute atomic E-state index is 0.226. The number of halogens is 3. The van der Waals surface area contributed by atoms with Gasteiger partial charge in [-0.05, 0) is 19.3 Å². The lowest BCUT2D eigenvalue weighted by Gasteiger charge is -2.12. The Morgan fingerprint density at radius 1 is 0.576 bits per heavy atom. The Morgan fingerprint density at radius 3 is 1.18 bits per heavy atom. The van der Waals surface area contributed by atoms with Crippen LogP contribution in [0.15, 0.2) is 0 Å². The average molecular weight is 479 g/mol. The monoisotopic (exact) mass is 478 g/mol. The number of carbonyl (C=O) groups is 1. The lowest BCUT2D eigenvalue weighted by molar-refractivity contribution is -0.142. The molecule has 33 heavy (non-hydrogen) atoms. The van der Waals surface area contributed by atoms with Gasteiger partial charge in [0.2, 0.25) is 0 Å². The Bertz CT molecular complexity index is 424. The topological polar surface area (TPSA) is 37.3 Å². The summed E-state index contributed by atoms with van der Waals surface area (Å²) in [5.74, 6) is -0.897. The fraction of sp³-hybridized carbons (Fsp3) is 0.964. The van der Waals surface area contributed by atoms with E-state index in [1.165, 1.54) is 77.0 Å². The number of carboxylic acid groups (broad SMARTS) is 1. The Morgan fingerprint density at radius 2 is 0.879 bits per heavy atom. The first-order chi connectivity index (χ1) is 15.9. The lowest BCUT2D eigenvalue weighted by Crippen LogP contribution is -2.13. The van der Waals surface area contributed by atoms with Crippen LogP contribution in [-0.2, 0) is 4.79 Å². The van der Waals surface area contributed by atoms with Gasteiger partial charge in [-0.2, -0.15) is 13.2 Å². The summed E-state index contributed by atoms with van der Waals surface area (Å²) < 4.78 is 36.2. The minimum Gasteiger partial charge on any atom is -0.481 e. The van der Waals surface area contributed by atoms with E-state index in [2.05, 4.69) is 6.92 Å². The molecule has 0 saturated carbocycles. The van der Waals surface area contributed by atoms with Gasteiger partial charge in [-0.1, -0.05) is 135 Å². The second kappa shape index (κ2) is 23.0. The summed E-state index contributed by atoms with van der Waals surface area (Å²) in [6, 6.07) is 0. The lowest BCUT2D eigenvalue weighted by atomic mass is 9.94. The van der Waals surface area contributed by atoms with Gasteiger partial charge in [0.25, 0.3) is 0 Å². The van der Waals surface area contributed by atoms with Crippen molar-refractivity contribution in [2.75, 3.05) is 0 Å². The molecule has 198 valence electrons. The van der Waals surface area contributed by atoms with Gasteiger partial charge in [0.15, 0.2) is 0 Å². The number of unbranched alkanes of at least 4 members (excludes halogenated alkanes) is 19. The standard InChI is InChI=1S/C28H53F3O2/c1-2-3-4-5-6-7-8-9-10-11-12-14-17-20-23-26(27(32)33)24-21-18-15-13-16-19-22-25-28(29,30)31/h26H,2-25H2,1H3,(H,32,33). The SMILES string of the molecule is CCCCCCCCCCCCCCCCC(CCCCCCCCCC(F)(F)F)C(=O)O. The van der Waals surface area contributed by atoms with Crippen molar-refractivity contribution in [1.82, 2.24) is 0 Å². The maximum Gasteiger partial charge on any atom is 0.389 e. The van der Waals surface area contributed by atoms with Crippen LogP contribution >= 0.6 is 0 Å². The zero-order valence-electron chi connectivity index (χ0n) is 21.5. The zero-order chi connectivity index (χ0) is 24.6. The molecule has 0 aliphatic rings. The van der Waals surface area contributed by atoms with Crippen LogP contribution in [0.3, 0.4) is 0 Å². The van der Waals surface area contributed by atoms with Crippen LogP contribution in [-0.4, -0.2) is 17.3 Å². The molecular formula is C28H53F3O2. The molecule has 0 radical (unpaired) electrons. The molecule has 0 aromatic rings. The van der Waals surface area contributed by atoms with E-state index in [-0.39, 0.29) is 12.3 Å². The largest absolute Gasteiger partial charge is 0.481 e. The van der Waals surface area contributed by atoms with E-state index in [9.17, 15) is 23.1 Å². The van der Waals surface area contributed by atoms with Crippen LogP contribution in [0, 0.1) is 5.92 Å². The third kappa shape index (κ3) is 25.7. The molecule has 0 rings (SSSR count). The molecule has 5 heteroatoms. The fourth-order valence-corrected chi connectivity index (χ4v) is 4.58. The highest BCUT2D eigenvalue weighted by Crippen LogP contribution is 2.24. The Labute approximate surface area is 202 Å². The van der Waals surface area contributed by atoms with Crippen molar-refractivity contribution in [2.45, 2.75) is 167 Å². The third-order valence-electron chi connectivity index (χ3n) is 6.77. The van der Waals surface area contributed by atoms with E-state index in [4.69, 9.17) is 0 Å². The Balaban J connectivity index is 3.46. The van der Waals surface area contributed by atoms with Gasteiger partial charge in [0.1, 0.15) is 0 Å². The molecule has 1 atom stereocenters. The molecule has 0 heterocycles. The predicted molar refractivity (Wildman–Crippen MR) is 134 cm³/mol. The van der Waals surface area contributed by atoms with Crippen LogP contribution in [0.4, 0.5) is 13.2 Å². The van der Waals surface area contributed by atoms with Crippen LogP contribution in [0.5, 0.6) is 0 Å². The molecule has 0 amide bonds. The van der Waals surface area contributed by atoms with Crippen molar-refractivity contribution in [3.63, 3.8) is 0 Å².